The largest absolute Gasteiger partial charge is 0.515 e. The van der Waals surface area contributed by atoms with Crippen LogP contribution in [0.2, 0.25) is 0 Å². The molecule has 0 bridgehead atoms. The van der Waals surface area contributed by atoms with Crippen molar-refractivity contribution in [1.29, 1.82) is 0 Å². The van der Waals surface area contributed by atoms with Crippen LogP contribution in [0.1, 0.15) is 0 Å². The summed E-state index contributed by atoms with van der Waals surface area (Å²) in [5.41, 5.74) is 0.288. The van der Waals surface area contributed by atoms with Gasteiger partial charge in [-0.25, -0.2) is 0 Å². The van der Waals surface area contributed by atoms with Crippen molar-refractivity contribution in [2.24, 2.45) is 0 Å². The SMILES string of the molecule is CO[Si](CCl)(OC)OC.OC(O)O. The molecule has 0 rings (SSSR count). The second-order valence-corrected chi connectivity index (χ2v) is 5.44. The molecule has 0 aliphatic rings. The third kappa shape index (κ3) is 8.59. The zero-order valence-electron chi connectivity index (χ0n) is 7.73. The molecular formula is C5H15ClO6Si. The zero-order valence-corrected chi connectivity index (χ0v) is 9.48. The summed E-state index contributed by atoms with van der Waals surface area (Å²) in [5.74, 6) is 0. The lowest BCUT2D eigenvalue weighted by atomic mass is 11.4. The van der Waals surface area contributed by atoms with Gasteiger partial charge in [0.15, 0.2) is 0 Å². The van der Waals surface area contributed by atoms with E-state index in [4.69, 9.17) is 40.2 Å². The van der Waals surface area contributed by atoms with Crippen LogP contribution in [0.15, 0.2) is 0 Å². The Morgan fingerprint density at radius 3 is 1.31 bits per heavy atom. The van der Waals surface area contributed by atoms with E-state index in [1.54, 1.807) is 0 Å². The van der Waals surface area contributed by atoms with Gasteiger partial charge in [-0.3, -0.25) is 0 Å². The molecule has 0 saturated carbocycles. The van der Waals surface area contributed by atoms with Crippen molar-refractivity contribution in [2.75, 3.05) is 26.8 Å². The molecule has 0 spiro atoms. The molecule has 82 valence electrons. The Bertz CT molecular complexity index is 88.9. The molecule has 6 nitrogen and oxygen atoms in total. The summed E-state index contributed by atoms with van der Waals surface area (Å²) in [5, 5.41) is 21.5. The summed E-state index contributed by atoms with van der Waals surface area (Å²) in [4.78, 5) is 0. The monoisotopic (exact) mass is 234 g/mol. The van der Waals surface area contributed by atoms with Gasteiger partial charge in [-0.2, -0.15) is 0 Å². The van der Waals surface area contributed by atoms with E-state index in [9.17, 15) is 0 Å². The fourth-order valence-corrected chi connectivity index (χ4v) is 2.22. The minimum Gasteiger partial charge on any atom is -0.376 e. The first-order valence-electron chi connectivity index (χ1n) is 3.23. The van der Waals surface area contributed by atoms with E-state index in [2.05, 4.69) is 0 Å². The molecule has 3 N–H and O–H groups in total. The summed E-state index contributed by atoms with van der Waals surface area (Å²) < 4.78 is 14.8. The van der Waals surface area contributed by atoms with Crippen LogP contribution >= 0.6 is 11.6 Å². The Kier molecular flexibility index (Phi) is 10.7. The molecule has 0 aliphatic carbocycles. The van der Waals surface area contributed by atoms with Gasteiger partial charge in [0, 0.05) is 21.3 Å². The Hall–Kier alpha value is 0.267. The average Bonchev–Trinajstić information content (AvgIpc) is 2.09. The molecule has 0 radical (unpaired) electrons. The minimum atomic E-state index is -2.43. The minimum absolute atomic E-state index is 0.288. The predicted octanol–water partition coefficient (Wildman–Crippen LogP) is -1.11. The van der Waals surface area contributed by atoms with Crippen molar-refractivity contribution in [1.82, 2.24) is 0 Å². The van der Waals surface area contributed by atoms with E-state index in [1.165, 1.54) is 21.3 Å². The zero-order chi connectivity index (χ0) is 10.9. The first-order valence-corrected chi connectivity index (χ1v) is 5.70. The number of alkyl halides is 1. The van der Waals surface area contributed by atoms with Crippen LogP contribution in [0.4, 0.5) is 0 Å². The quantitative estimate of drug-likeness (QED) is 0.325. The van der Waals surface area contributed by atoms with Gasteiger partial charge in [0.2, 0.25) is 0 Å². The Labute approximate surface area is 83.0 Å². The average molecular weight is 235 g/mol. The van der Waals surface area contributed by atoms with E-state index in [0.29, 0.717) is 0 Å². The van der Waals surface area contributed by atoms with Gasteiger partial charge in [-0.15, -0.1) is 11.6 Å². The number of aliphatic hydroxyl groups excluding tert-OH is 1. The number of rotatable bonds is 4. The molecule has 0 fully saturated rings. The molecule has 0 atom stereocenters. The molecule has 0 aromatic heterocycles. The summed E-state index contributed by atoms with van der Waals surface area (Å²) in [7, 11) is 2.16. The highest BCUT2D eigenvalue weighted by molar-refractivity contribution is 6.68. The molecule has 13 heavy (non-hydrogen) atoms. The van der Waals surface area contributed by atoms with Crippen molar-refractivity contribution in [3.63, 3.8) is 0 Å². The van der Waals surface area contributed by atoms with Gasteiger partial charge in [0.25, 0.3) is 6.48 Å². The number of hydrogen-bond acceptors (Lipinski definition) is 6. The maximum atomic E-state index is 7.17. The second kappa shape index (κ2) is 8.85. The summed E-state index contributed by atoms with van der Waals surface area (Å²) in [6.07, 6.45) is 0. The van der Waals surface area contributed by atoms with Crippen LogP contribution < -0.4 is 0 Å². The van der Waals surface area contributed by atoms with Crippen LogP contribution in [0.25, 0.3) is 0 Å². The Morgan fingerprint density at radius 1 is 1.08 bits per heavy atom. The highest BCUT2D eigenvalue weighted by Gasteiger charge is 2.36. The Morgan fingerprint density at radius 2 is 1.31 bits per heavy atom. The third-order valence-electron chi connectivity index (χ3n) is 1.10. The lowest BCUT2D eigenvalue weighted by Crippen LogP contribution is -2.45. The van der Waals surface area contributed by atoms with Crippen molar-refractivity contribution in [2.45, 2.75) is 6.48 Å². The molecule has 8 heteroatoms. The number of hydrogen-bond donors (Lipinski definition) is 3. The first-order chi connectivity index (χ1) is 5.97. The highest BCUT2D eigenvalue weighted by Crippen LogP contribution is 2.06. The second-order valence-electron chi connectivity index (χ2n) is 1.78. The molecule has 0 aromatic rings. The molecule has 0 aliphatic heterocycles. The van der Waals surface area contributed by atoms with Crippen molar-refractivity contribution in [3.05, 3.63) is 0 Å². The van der Waals surface area contributed by atoms with Crippen LogP contribution in [-0.2, 0) is 13.3 Å². The van der Waals surface area contributed by atoms with E-state index in [-0.39, 0.29) is 5.50 Å². The summed E-state index contributed by atoms with van der Waals surface area (Å²) in [6.45, 7) is -2.17. The normalized spacial score (nSPS) is 11.1. The van der Waals surface area contributed by atoms with Gasteiger partial charge >= 0.3 is 8.80 Å². The fourth-order valence-electron chi connectivity index (χ4n) is 0.414. The van der Waals surface area contributed by atoms with Crippen LogP contribution in [0.5, 0.6) is 0 Å². The maximum absolute atomic E-state index is 7.17. The standard InChI is InChI=1S/C4H11ClO3Si.CH4O3/c1-6-9(4-5,7-2)8-3;2-1(3)4/h4H2,1-3H3;1-4H. The van der Waals surface area contributed by atoms with E-state index < -0.39 is 15.3 Å². The van der Waals surface area contributed by atoms with E-state index in [0.717, 1.165) is 0 Å². The molecule has 0 amide bonds. The Balaban J connectivity index is 0. The molecular weight excluding hydrogens is 220 g/mol. The summed E-state index contributed by atoms with van der Waals surface area (Å²) in [6, 6.07) is 0. The molecule has 0 unspecified atom stereocenters. The van der Waals surface area contributed by atoms with Crippen molar-refractivity contribution < 1.29 is 28.6 Å². The topological polar surface area (TPSA) is 88.4 Å². The molecule has 0 aromatic carbocycles. The predicted molar refractivity (Wildman–Crippen MR) is 47.9 cm³/mol. The highest BCUT2D eigenvalue weighted by atomic mass is 35.5. The summed E-state index contributed by atoms with van der Waals surface area (Å²) >= 11 is 5.51. The lowest BCUT2D eigenvalue weighted by Gasteiger charge is -2.20. The molecule has 0 saturated heterocycles. The van der Waals surface area contributed by atoms with Crippen LogP contribution in [0, 0.1) is 0 Å². The van der Waals surface area contributed by atoms with Crippen molar-refractivity contribution >= 4 is 20.4 Å². The number of aliphatic hydroxyl groups is 3. The van der Waals surface area contributed by atoms with Gasteiger partial charge in [0.1, 0.15) is 0 Å². The first kappa shape index (κ1) is 15.7. The van der Waals surface area contributed by atoms with E-state index in [1.807, 2.05) is 0 Å². The maximum Gasteiger partial charge on any atom is 0.515 e. The van der Waals surface area contributed by atoms with E-state index >= 15 is 0 Å². The lowest BCUT2D eigenvalue weighted by molar-refractivity contribution is -0.198. The van der Waals surface area contributed by atoms with Crippen LogP contribution in [0.3, 0.4) is 0 Å². The number of halogens is 1. The smallest absolute Gasteiger partial charge is 0.376 e. The van der Waals surface area contributed by atoms with Gasteiger partial charge in [0.05, 0.1) is 5.50 Å². The van der Waals surface area contributed by atoms with Gasteiger partial charge in [-0.05, 0) is 0 Å². The van der Waals surface area contributed by atoms with Crippen LogP contribution in [-0.4, -0.2) is 57.4 Å². The molecule has 0 heterocycles. The fraction of sp³-hybridized carbons (Fsp3) is 1.00. The van der Waals surface area contributed by atoms with Crippen molar-refractivity contribution in [3.8, 4) is 0 Å². The van der Waals surface area contributed by atoms with Gasteiger partial charge in [-0.1, -0.05) is 0 Å². The third-order valence-corrected chi connectivity index (χ3v) is 4.27. The van der Waals surface area contributed by atoms with Gasteiger partial charge < -0.3 is 28.6 Å².